The summed E-state index contributed by atoms with van der Waals surface area (Å²) < 4.78 is 25.9. The van der Waals surface area contributed by atoms with Crippen molar-refractivity contribution < 1.29 is 13.9 Å². The second-order valence-electron chi connectivity index (χ2n) is 4.43. The van der Waals surface area contributed by atoms with Crippen LogP contribution in [0.4, 0.5) is 8.78 Å². The number of hydrogen-bond acceptors (Lipinski definition) is 3. The quantitative estimate of drug-likeness (QED) is 0.924. The molecule has 1 aromatic carbocycles. The minimum Gasteiger partial charge on any atom is -0.392 e. The maximum Gasteiger partial charge on any atom is 0.159 e. The van der Waals surface area contributed by atoms with Gasteiger partial charge >= 0.3 is 0 Å². The molecule has 1 saturated heterocycles. The lowest BCUT2D eigenvalue weighted by Crippen LogP contribution is -2.36. The van der Waals surface area contributed by atoms with Gasteiger partial charge in [0.1, 0.15) is 0 Å². The van der Waals surface area contributed by atoms with Crippen molar-refractivity contribution >= 4 is 23.5 Å². The van der Waals surface area contributed by atoms with E-state index in [1.165, 1.54) is 12.1 Å². The Kier molecular flexibility index (Phi) is 4.92. The first kappa shape index (κ1) is 14.2. The van der Waals surface area contributed by atoms with Crippen LogP contribution in [0.2, 0.25) is 0 Å². The van der Waals surface area contributed by atoms with E-state index in [2.05, 4.69) is 6.92 Å². The van der Waals surface area contributed by atoms with Crippen LogP contribution < -0.4 is 0 Å². The monoisotopic (exact) mass is 290 g/mol. The maximum atomic E-state index is 13.1. The molecule has 0 spiro atoms. The molecule has 1 N–H and O–H groups in total. The van der Waals surface area contributed by atoms with Crippen molar-refractivity contribution in [1.29, 1.82) is 0 Å². The summed E-state index contributed by atoms with van der Waals surface area (Å²) in [7, 11) is 0. The molecule has 2 rings (SSSR count). The Morgan fingerprint density at radius 3 is 2.67 bits per heavy atom. The Balaban J connectivity index is 2.01. The normalized spacial score (nSPS) is 26.0. The number of thioether (sulfide) groups is 2. The Morgan fingerprint density at radius 2 is 2.00 bits per heavy atom. The molecule has 0 aliphatic carbocycles. The largest absolute Gasteiger partial charge is 0.392 e. The zero-order valence-electron chi connectivity index (χ0n) is 10.1. The molecule has 0 bridgehead atoms. The summed E-state index contributed by atoms with van der Waals surface area (Å²) in [5.41, 5.74) is 0.643. The molecule has 0 aromatic heterocycles. The van der Waals surface area contributed by atoms with Gasteiger partial charge in [0.15, 0.2) is 11.6 Å². The van der Waals surface area contributed by atoms with E-state index in [-0.39, 0.29) is 5.25 Å². The van der Waals surface area contributed by atoms with Crippen molar-refractivity contribution in [2.75, 3.05) is 11.5 Å². The van der Waals surface area contributed by atoms with Crippen molar-refractivity contribution in [3.63, 3.8) is 0 Å². The van der Waals surface area contributed by atoms with Gasteiger partial charge in [0, 0.05) is 22.0 Å². The third-order valence-corrected chi connectivity index (χ3v) is 6.28. The van der Waals surface area contributed by atoms with E-state index >= 15 is 0 Å². The van der Waals surface area contributed by atoms with Crippen molar-refractivity contribution in [2.45, 2.75) is 29.9 Å². The molecule has 1 aliphatic rings. The second kappa shape index (κ2) is 6.26. The molecule has 3 atom stereocenters. The molecule has 0 radical (unpaired) electrons. The predicted octanol–water partition coefficient (Wildman–Crippen LogP) is 3.11. The Hall–Kier alpha value is -0.260. The van der Waals surface area contributed by atoms with E-state index < -0.39 is 17.7 Å². The summed E-state index contributed by atoms with van der Waals surface area (Å²) in [6.07, 6.45) is -0.137. The Morgan fingerprint density at radius 1 is 1.28 bits per heavy atom. The van der Waals surface area contributed by atoms with Gasteiger partial charge in [-0.2, -0.15) is 23.5 Å². The lowest BCUT2D eigenvalue weighted by molar-refractivity contribution is 0.171. The number of benzene rings is 1. The zero-order chi connectivity index (χ0) is 13.1. The van der Waals surface area contributed by atoms with Crippen LogP contribution >= 0.6 is 23.5 Å². The SMILES string of the molecule is CC1SCCSC1C(O)Cc1ccc(F)c(F)c1. The first-order valence-corrected chi connectivity index (χ1v) is 8.03. The highest BCUT2D eigenvalue weighted by Gasteiger charge is 2.29. The van der Waals surface area contributed by atoms with E-state index in [9.17, 15) is 13.9 Å². The average molecular weight is 290 g/mol. The average Bonchev–Trinajstić information content (AvgIpc) is 2.34. The molecule has 3 unspecified atom stereocenters. The van der Waals surface area contributed by atoms with Gasteiger partial charge in [-0.3, -0.25) is 0 Å². The number of aliphatic hydroxyl groups excluding tert-OH is 1. The van der Waals surface area contributed by atoms with Gasteiger partial charge in [0.2, 0.25) is 0 Å². The van der Waals surface area contributed by atoms with Crippen LogP contribution in [0.5, 0.6) is 0 Å². The fraction of sp³-hybridized carbons (Fsp3) is 0.538. The molecule has 5 heteroatoms. The second-order valence-corrected chi connectivity index (χ2v) is 7.20. The molecular weight excluding hydrogens is 274 g/mol. The summed E-state index contributed by atoms with van der Waals surface area (Å²) in [5, 5.41) is 10.8. The first-order chi connectivity index (χ1) is 8.58. The molecule has 1 nitrogen and oxygen atoms in total. The fourth-order valence-corrected chi connectivity index (χ4v) is 4.94. The van der Waals surface area contributed by atoms with Crippen LogP contribution in [0.3, 0.4) is 0 Å². The van der Waals surface area contributed by atoms with Gasteiger partial charge in [-0.15, -0.1) is 0 Å². The highest BCUT2D eigenvalue weighted by molar-refractivity contribution is 8.07. The molecule has 18 heavy (non-hydrogen) atoms. The summed E-state index contributed by atoms with van der Waals surface area (Å²) in [6, 6.07) is 3.82. The van der Waals surface area contributed by atoms with Crippen molar-refractivity contribution in [3.05, 3.63) is 35.4 Å². The highest BCUT2D eigenvalue weighted by Crippen LogP contribution is 2.34. The van der Waals surface area contributed by atoms with Gasteiger partial charge < -0.3 is 5.11 Å². The van der Waals surface area contributed by atoms with E-state index in [0.717, 1.165) is 17.6 Å². The third kappa shape index (κ3) is 3.39. The fourth-order valence-electron chi connectivity index (χ4n) is 2.10. The van der Waals surface area contributed by atoms with Gasteiger partial charge in [0.05, 0.1) is 6.10 Å². The van der Waals surface area contributed by atoms with Crippen LogP contribution in [-0.2, 0) is 6.42 Å². The van der Waals surface area contributed by atoms with Gasteiger partial charge in [0.25, 0.3) is 0 Å². The lowest BCUT2D eigenvalue weighted by atomic mass is 10.0. The number of hydrogen-bond donors (Lipinski definition) is 1. The standard InChI is InChI=1S/C13H16F2OS2/c1-8-13(18-5-4-17-8)12(16)7-9-2-3-10(14)11(15)6-9/h2-3,6,8,12-13,16H,4-5,7H2,1H3. The van der Waals surface area contributed by atoms with Gasteiger partial charge in [-0.25, -0.2) is 8.78 Å². The van der Waals surface area contributed by atoms with Crippen molar-refractivity contribution in [1.82, 2.24) is 0 Å². The minimum absolute atomic E-state index is 0.164. The van der Waals surface area contributed by atoms with Crippen LogP contribution in [0.1, 0.15) is 12.5 Å². The number of halogens is 2. The van der Waals surface area contributed by atoms with E-state index in [1.54, 1.807) is 11.8 Å². The molecule has 1 aliphatic heterocycles. The predicted molar refractivity (Wildman–Crippen MR) is 74.2 cm³/mol. The highest BCUT2D eigenvalue weighted by atomic mass is 32.2. The molecule has 1 aromatic rings. The summed E-state index contributed by atoms with van der Waals surface area (Å²) >= 11 is 3.62. The van der Waals surface area contributed by atoms with Crippen LogP contribution in [0.15, 0.2) is 18.2 Å². The lowest BCUT2D eigenvalue weighted by Gasteiger charge is -2.31. The van der Waals surface area contributed by atoms with E-state index in [0.29, 0.717) is 17.2 Å². The smallest absolute Gasteiger partial charge is 0.159 e. The first-order valence-electron chi connectivity index (χ1n) is 5.93. The third-order valence-electron chi connectivity index (χ3n) is 3.05. The molecule has 1 fully saturated rings. The molecule has 0 amide bonds. The minimum atomic E-state index is -0.849. The van der Waals surface area contributed by atoms with Gasteiger partial charge in [-0.05, 0) is 24.1 Å². The van der Waals surface area contributed by atoms with Crippen LogP contribution in [0.25, 0.3) is 0 Å². The van der Waals surface area contributed by atoms with Crippen LogP contribution in [0, 0.1) is 11.6 Å². The van der Waals surface area contributed by atoms with Crippen LogP contribution in [-0.4, -0.2) is 33.2 Å². The van der Waals surface area contributed by atoms with Gasteiger partial charge in [-0.1, -0.05) is 13.0 Å². The van der Waals surface area contributed by atoms with Crippen molar-refractivity contribution in [2.24, 2.45) is 0 Å². The number of rotatable bonds is 3. The number of aliphatic hydroxyl groups is 1. The molecule has 0 saturated carbocycles. The summed E-state index contributed by atoms with van der Waals surface area (Å²) in [4.78, 5) is 0. The topological polar surface area (TPSA) is 20.2 Å². The van der Waals surface area contributed by atoms with Crippen molar-refractivity contribution in [3.8, 4) is 0 Å². The summed E-state index contributed by atoms with van der Waals surface area (Å²) in [6.45, 7) is 2.11. The zero-order valence-corrected chi connectivity index (χ0v) is 11.7. The summed E-state index contributed by atoms with van der Waals surface area (Å²) in [5.74, 6) is 0.456. The Labute approximate surface area is 114 Å². The molecule has 1 heterocycles. The van der Waals surface area contributed by atoms with E-state index in [1.807, 2.05) is 11.8 Å². The molecular formula is C13H16F2OS2. The molecule has 100 valence electrons. The maximum absolute atomic E-state index is 13.1. The van der Waals surface area contributed by atoms with E-state index in [4.69, 9.17) is 0 Å². The Bertz CT molecular complexity index is 414.